The van der Waals surface area contributed by atoms with Crippen LogP contribution in [0.3, 0.4) is 0 Å². The van der Waals surface area contributed by atoms with Crippen LogP contribution in [0.1, 0.15) is 16.7 Å². The average Bonchev–Trinajstić information content (AvgIpc) is 2.78. The van der Waals surface area contributed by atoms with Crippen LogP contribution in [-0.2, 0) is 25.5 Å². The Balaban J connectivity index is 1.95. The summed E-state index contributed by atoms with van der Waals surface area (Å²) in [5.41, 5.74) is 2.21. The maximum Gasteiger partial charge on any atom is 0.343 e. The molecule has 1 aliphatic rings. The van der Waals surface area contributed by atoms with Crippen molar-refractivity contribution in [3.05, 3.63) is 75.8 Å². The van der Waals surface area contributed by atoms with Gasteiger partial charge in [-0.05, 0) is 66.4 Å². The molecule has 1 aliphatic heterocycles. The van der Waals surface area contributed by atoms with E-state index in [9.17, 15) is 19.2 Å². The number of carbonyl (C=O) groups is 4. The highest BCUT2D eigenvalue weighted by Gasteiger charge is 2.37. The van der Waals surface area contributed by atoms with Gasteiger partial charge in [0.2, 0.25) is 0 Å². The summed E-state index contributed by atoms with van der Waals surface area (Å²) >= 11 is 3.39. The summed E-state index contributed by atoms with van der Waals surface area (Å²) in [6, 6.07) is 9.16. The maximum absolute atomic E-state index is 13.1. The third-order valence-corrected chi connectivity index (χ3v) is 5.72. The number of carbonyl (C=O) groups excluding carboxylic acids is 4. The first-order chi connectivity index (χ1) is 15.7. The molecule has 0 aromatic heterocycles. The van der Waals surface area contributed by atoms with Gasteiger partial charge in [0.15, 0.2) is 6.61 Å². The number of nitrogens with one attached hydrogen (secondary N) is 1. The van der Waals surface area contributed by atoms with Crippen molar-refractivity contribution in [3.8, 4) is 5.75 Å². The number of imide groups is 2. The highest BCUT2D eigenvalue weighted by molar-refractivity contribution is 9.10. The number of urea groups is 1. The topological polar surface area (TPSA) is 102 Å². The molecule has 0 atom stereocenters. The van der Waals surface area contributed by atoms with Gasteiger partial charge in [-0.25, -0.2) is 14.5 Å². The van der Waals surface area contributed by atoms with Crippen LogP contribution in [0, 0.1) is 6.92 Å². The van der Waals surface area contributed by atoms with Crippen molar-refractivity contribution in [3.63, 3.8) is 0 Å². The lowest BCUT2D eigenvalue weighted by atomic mass is 10.0. The van der Waals surface area contributed by atoms with Crippen molar-refractivity contribution in [1.29, 1.82) is 0 Å². The van der Waals surface area contributed by atoms with E-state index >= 15 is 0 Å². The van der Waals surface area contributed by atoms with Gasteiger partial charge in [0.25, 0.3) is 11.8 Å². The molecular weight excluding hydrogens is 492 g/mol. The second kappa shape index (κ2) is 10.3. The number of amides is 4. The van der Waals surface area contributed by atoms with Crippen LogP contribution < -0.4 is 15.0 Å². The molecule has 2 aromatic carbocycles. The van der Waals surface area contributed by atoms with E-state index in [0.29, 0.717) is 29.0 Å². The number of ether oxygens (including phenoxy) is 2. The van der Waals surface area contributed by atoms with Gasteiger partial charge in [0.05, 0.1) is 12.8 Å². The van der Waals surface area contributed by atoms with E-state index in [4.69, 9.17) is 4.74 Å². The fourth-order valence-corrected chi connectivity index (χ4v) is 3.41. The number of halogens is 1. The largest absolute Gasteiger partial charge is 0.482 e. The number of rotatable bonds is 7. The number of methoxy groups -OCH3 is 1. The first kappa shape index (κ1) is 23.9. The van der Waals surface area contributed by atoms with E-state index in [1.54, 1.807) is 42.5 Å². The lowest BCUT2D eigenvalue weighted by Crippen LogP contribution is -2.54. The molecule has 1 saturated heterocycles. The number of esters is 1. The quantitative estimate of drug-likeness (QED) is 0.262. The Morgan fingerprint density at radius 1 is 1.18 bits per heavy atom. The van der Waals surface area contributed by atoms with Crippen LogP contribution in [0.15, 0.2) is 59.1 Å². The summed E-state index contributed by atoms with van der Waals surface area (Å²) in [4.78, 5) is 50.3. The van der Waals surface area contributed by atoms with Crippen molar-refractivity contribution in [2.24, 2.45) is 0 Å². The second-order valence-corrected chi connectivity index (χ2v) is 7.97. The third-order valence-electron chi connectivity index (χ3n) is 4.83. The Morgan fingerprint density at radius 2 is 1.94 bits per heavy atom. The zero-order chi connectivity index (χ0) is 24.1. The zero-order valence-electron chi connectivity index (χ0n) is 18.0. The van der Waals surface area contributed by atoms with Gasteiger partial charge in [-0.1, -0.05) is 28.1 Å². The monoisotopic (exact) mass is 512 g/mol. The molecule has 0 spiro atoms. The number of nitrogens with zero attached hydrogens (tertiary/aromatic N) is 1. The zero-order valence-corrected chi connectivity index (χ0v) is 19.6. The molecule has 4 amide bonds. The van der Waals surface area contributed by atoms with E-state index in [2.05, 4.69) is 32.6 Å². The Kier molecular flexibility index (Phi) is 7.44. The molecule has 0 radical (unpaired) electrons. The lowest BCUT2D eigenvalue weighted by Gasteiger charge is -2.26. The first-order valence-electron chi connectivity index (χ1n) is 9.86. The van der Waals surface area contributed by atoms with Crippen molar-refractivity contribution < 1.29 is 28.7 Å². The molecule has 1 N–H and O–H groups in total. The average molecular weight is 513 g/mol. The normalized spacial score (nSPS) is 14.8. The summed E-state index contributed by atoms with van der Waals surface area (Å²) in [6.07, 6.45) is 3.49. The molecule has 3 rings (SSSR count). The van der Waals surface area contributed by atoms with E-state index < -0.39 is 23.8 Å². The molecule has 1 fully saturated rings. The molecule has 9 heteroatoms. The molecule has 0 bridgehead atoms. The minimum atomic E-state index is -0.817. The van der Waals surface area contributed by atoms with Crippen LogP contribution in [0.4, 0.5) is 10.5 Å². The van der Waals surface area contributed by atoms with E-state index in [0.717, 1.165) is 14.9 Å². The number of hydrogen-bond donors (Lipinski definition) is 1. The van der Waals surface area contributed by atoms with Gasteiger partial charge < -0.3 is 9.47 Å². The Morgan fingerprint density at radius 3 is 2.61 bits per heavy atom. The number of aryl methyl sites for hydroxylation is 1. The van der Waals surface area contributed by atoms with Gasteiger partial charge in [-0.3, -0.25) is 14.9 Å². The summed E-state index contributed by atoms with van der Waals surface area (Å²) in [5, 5.41) is 2.21. The predicted octanol–water partition coefficient (Wildman–Crippen LogP) is 3.70. The number of hydrogen-bond acceptors (Lipinski definition) is 6. The van der Waals surface area contributed by atoms with Crippen LogP contribution >= 0.6 is 15.9 Å². The van der Waals surface area contributed by atoms with E-state index in [-0.39, 0.29) is 12.2 Å². The van der Waals surface area contributed by atoms with Crippen LogP contribution in [0.2, 0.25) is 0 Å². The van der Waals surface area contributed by atoms with Crippen molar-refractivity contribution in [1.82, 2.24) is 5.32 Å². The van der Waals surface area contributed by atoms with Crippen molar-refractivity contribution in [2.45, 2.75) is 13.3 Å². The smallest absolute Gasteiger partial charge is 0.343 e. The Labute approximate surface area is 199 Å². The van der Waals surface area contributed by atoms with Gasteiger partial charge in [-0.2, -0.15) is 0 Å². The van der Waals surface area contributed by atoms with E-state index in [1.807, 2.05) is 6.92 Å². The molecular formula is C24H21BrN2O6. The Bertz CT molecular complexity index is 1190. The van der Waals surface area contributed by atoms with Crippen molar-refractivity contribution in [2.75, 3.05) is 18.6 Å². The van der Waals surface area contributed by atoms with Gasteiger partial charge in [0.1, 0.15) is 11.3 Å². The maximum atomic E-state index is 13.1. The molecule has 0 aliphatic carbocycles. The standard InChI is InChI=1S/C24H21BrN2O6/c1-4-5-16-11-15(6-9-20(16)33-13-21(28)32-3)12-18-22(29)26-24(31)27(23(18)30)17-7-8-19(25)14(2)10-17/h4,6-12H,1,5,13H2,2-3H3,(H,26,29,31)/b18-12+. The SMILES string of the molecule is C=CCc1cc(/C=C2\C(=O)NC(=O)N(c3ccc(Br)c(C)c3)C2=O)ccc1OCC(=O)OC. The van der Waals surface area contributed by atoms with Crippen LogP contribution in [0.25, 0.3) is 6.08 Å². The van der Waals surface area contributed by atoms with Gasteiger partial charge in [0, 0.05) is 4.47 Å². The number of barbiturate groups is 1. The number of anilines is 1. The highest BCUT2D eigenvalue weighted by atomic mass is 79.9. The number of allylic oxidation sites excluding steroid dienone is 1. The molecule has 2 aromatic rings. The summed E-state index contributed by atoms with van der Waals surface area (Å²) in [6.45, 7) is 5.28. The summed E-state index contributed by atoms with van der Waals surface area (Å²) in [5.74, 6) is -1.60. The van der Waals surface area contributed by atoms with Crippen LogP contribution in [0.5, 0.6) is 5.75 Å². The van der Waals surface area contributed by atoms with E-state index in [1.165, 1.54) is 13.2 Å². The molecule has 0 saturated carbocycles. The van der Waals surface area contributed by atoms with Gasteiger partial charge >= 0.3 is 12.0 Å². The minimum absolute atomic E-state index is 0.192. The fraction of sp³-hybridized carbons (Fsp3) is 0.167. The molecule has 1 heterocycles. The Hall–Kier alpha value is -3.72. The lowest BCUT2D eigenvalue weighted by molar-refractivity contribution is -0.143. The second-order valence-electron chi connectivity index (χ2n) is 7.12. The molecule has 33 heavy (non-hydrogen) atoms. The summed E-state index contributed by atoms with van der Waals surface area (Å²) in [7, 11) is 1.27. The van der Waals surface area contributed by atoms with Crippen LogP contribution in [-0.4, -0.2) is 37.5 Å². The summed E-state index contributed by atoms with van der Waals surface area (Å²) < 4.78 is 10.9. The molecule has 170 valence electrons. The fourth-order valence-electron chi connectivity index (χ4n) is 3.17. The third kappa shape index (κ3) is 5.38. The predicted molar refractivity (Wildman–Crippen MR) is 126 cm³/mol. The van der Waals surface area contributed by atoms with Gasteiger partial charge in [-0.15, -0.1) is 6.58 Å². The molecule has 8 nitrogen and oxygen atoms in total. The number of benzene rings is 2. The van der Waals surface area contributed by atoms with Crippen molar-refractivity contribution >= 4 is 51.5 Å². The molecule has 0 unspecified atom stereocenters. The minimum Gasteiger partial charge on any atom is -0.482 e. The first-order valence-corrected chi connectivity index (χ1v) is 10.7. The highest BCUT2D eigenvalue weighted by Crippen LogP contribution is 2.27.